The second-order valence-corrected chi connectivity index (χ2v) is 5.75. The monoisotopic (exact) mass is 301 g/mol. The molecule has 0 atom stereocenters. The molecule has 1 aromatic rings. The van der Waals surface area contributed by atoms with E-state index in [9.17, 15) is 13.2 Å². The Morgan fingerprint density at radius 3 is 2.60 bits per heavy atom. The Bertz CT molecular complexity index is 572. The van der Waals surface area contributed by atoms with Crippen LogP contribution in [0, 0.1) is 0 Å². The SMILES string of the molecule is CCNCCCNc1ccc(S(N)(=O)=O)cc1C(=O)O. The molecule has 0 radical (unpaired) electrons. The molecule has 0 saturated heterocycles. The predicted octanol–water partition coefficient (Wildman–Crippen LogP) is 0.444. The number of benzene rings is 1. The molecule has 0 aliphatic heterocycles. The van der Waals surface area contributed by atoms with Crippen LogP contribution >= 0.6 is 0 Å². The van der Waals surface area contributed by atoms with Crippen LogP contribution in [0.1, 0.15) is 23.7 Å². The van der Waals surface area contributed by atoms with Crippen LogP contribution in [0.5, 0.6) is 0 Å². The van der Waals surface area contributed by atoms with E-state index in [1.807, 2.05) is 6.92 Å². The fraction of sp³-hybridized carbons (Fsp3) is 0.417. The Hall–Kier alpha value is -1.64. The van der Waals surface area contributed by atoms with Crippen LogP contribution in [-0.2, 0) is 10.0 Å². The summed E-state index contributed by atoms with van der Waals surface area (Å²) in [6.45, 7) is 4.29. The van der Waals surface area contributed by atoms with Crippen LogP contribution in [0.25, 0.3) is 0 Å². The molecule has 0 fully saturated rings. The second kappa shape index (κ2) is 7.22. The standard InChI is InChI=1S/C12H19N3O4S/c1-2-14-6-3-7-15-11-5-4-9(20(13,18)19)8-10(11)12(16)17/h4-5,8,14-15H,2-3,6-7H2,1H3,(H,16,17)(H2,13,18,19). The van der Waals surface area contributed by atoms with Gasteiger partial charge in [0.1, 0.15) is 0 Å². The van der Waals surface area contributed by atoms with Gasteiger partial charge in [0, 0.05) is 12.2 Å². The van der Waals surface area contributed by atoms with Crippen molar-refractivity contribution in [3.8, 4) is 0 Å². The molecule has 1 rings (SSSR count). The average Bonchev–Trinajstić information content (AvgIpc) is 2.37. The molecule has 0 spiro atoms. The Morgan fingerprint density at radius 1 is 1.35 bits per heavy atom. The van der Waals surface area contributed by atoms with Gasteiger partial charge in [-0.05, 0) is 37.7 Å². The Labute approximate surface area is 118 Å². The van der Waals surface area contributed by atoms with E-state index in [2.05, 4.69) is 10.6 Å². The highest BCUT2D eigenvalue weighted by Gasteiger charge is 2.15. The molecular weight excluding hydrogens is 282 g/mol. The van der Waals surface area contributed by atoms with Gasteiger partial charge in [0.15, 0.2) is 0 Å². The summed E-state index contributed by atoms with van der Waals surface area (Å²) in [7, 11) is -3.91. The molecule has 0 unspecified atom stereocenters. The predicted molar refractivity (Wildman–Crippen MR) is 76.4 cm³/mol. The fourth-order valence-electron chi connectivity index (χ4n) is 1.64. The zero-order valence-electron chi connectivity index (χ0n) is 11.2. The van der Waals surface area contributed by atoms with Crippen LogP contribution in [0.3, 0.4) is 0 Å². The lowest BCUT2D eigenvalue weighted by Crippen LogP contribution is -2.18. The van der Waals surface area contributed by atoms with Gasteiger partial charge < -0.3 is 15.7 Å². The van der Waals surface area contributed by atoms with Crippen LogP contribution in [0.4, 0.5) is 5.69 Å². The molecule has 1 aromatic carbocycles. The van der Waals surface area contributed by atoms with Crippen molar-refractivity contribution in [1.29, 1.82) is 0 Å². The second-order valence-electron chi connectivity index (χ2n) is 4.19. The van der Waals surface area contributed by atoms with Crippen molar-refractivity contribution >= 4 is 21.7 Å². The molecule has 5 N–H and O–H groups in total. The van der Waals surface area contributed by atoms with E-state index in [1.165, 1.54) is 12.1 Å². The summed E-state index contributed by atoms with van der Waals surface area (Å²) in [6, 6.07) is 3.76. The number of nitrogens with one attached hydrogen (secondary N) is 2. The summed E-state index contributed by atoms with van der Waals surface area (Å²) < 4.78 is 22.4. The first kappa shape index (κ1) is 16.4. The minimum Gasteiger partial charge on any atom is -0.478 e. The lowest BCUT2D eigenvalue weighted by Gasteiger charge is -2.11. The van der Waals surface area contributed by atoms with Gasteiger partial charge >= 0.3 is 5.97 Å². The van der Waals surface area contributed by atoms with Gasteiger partial charge in [-0.25, -0.2) is 18.4 Å². The number of carboxylic acid groups (broad SMARTS) is 1. The number of aromatic carboxylic acids is 1. The third kappa shape index (κ3) is 4.80. The number of carbonyl (C=O) groups is 1. The van der Waals surface area contributed by atoms with Crippen LogP contribution in [0.15, 0.2) is 23.1 Å². The van der Waals surface area contributed by atoms with E-state index in [0.29, 0.717) is 12.2 Å². The Morgan fingerprint density at radius 2 is 2.05 bits per heavy atom. The maximum Gasteiger partial charge on any atom is 0.337 e. The molecular formula is C12H19N3O4S. The summed E-state index contributed by atoms with van der Waals surface area (Å²) >= 11 is 0. The maximum absolute atomic E-state index is 11.2. The average molecular weight is 301 g/mol. The van der Waals surface area contributed by atoms with Gasteiger partial charge in [-0.1, -0.05) is 6.92 Å². The highest BCUT2D eigenvalue weighted by molar-refractivity contribution is 7.89. The van der Waals surface area contributed by atoms with Crippen LogP contribution in [-0.4, -0.2) is 39.1 Å². The molecule has 112 valence electrons. The number of primary sulfonamides is 1. The van der Waals surface area contributed by atoms with Crippen molar-refractivity contribution in [2.75, 3.05) is 25.0 Å². The summed E-state index contributed by atoms with van der Waals surface area (Å²) in [5, 5.41) is 20.2. The summed E-state index contributed by atoms with van der Waals surface area (Å²) in [4.78, 5) is 10.9. The Balaban J connectivity index is 2.83. The van der Waals surface area contributed by atoms with E-state index in [-0.39, 0.29) is 10.5 Å². The first-order valence-corrected chi connectivity index (χ1v) is 7.75. The summed E-state index contributed by atoms with van der Waals surface area (Å²) in [6.07, 6.45) is 0.823. The number of anilines is 1. The third-order valence-electron chi connectivity index (χ3n) is 2.65. The van der Waals surface area contributed by atoms with Crippen molar-refractivity contribution in [2.45, 2.75) is 18.2 Å². The molecule has 0 aliphatic rings. The summed E-state index contributed by atoms with van der Waals surface area (Å²) in [5.74, 6) is -1.20. The minimum atomic E-state index is -3.91. The molecule has 0 aromatic heterocycles. The molecule has 20 heavy (non-hydrogen) atoms. The molecule has 0 bridgehead atoms. The largest absolute Gasteiger partial charge is 0.478 e. The number of hydrogen-bond donors (Lipinski definition) is 4. The van der Waals surface area contributed by atoms with Gasteiger partial charge in [0.25, 0.3) is 0 Å². The zero-order chi connectivity index (χ0) is 15.2. The fourth-order valence-corrected chi connectivity index (χ4v) is 2.18. The molecule has 8 heteroatoms. The van der Waals surface area contributed by atoms with Crippen LogP contribution in [0.2, 0.25) is 0 Å². The van der Waals surface area contributed by atoms with E-state index in [1.54, 1.807) is 0 Å². The first-order valence-electron chi connectivity index (χ1n) is 6.21. The van der Waals surface area contributed by atoms with E-state index in [0.717, 1.165) is 25.6 Å². The van der Waals surface area contributed by atoms with Crippen molar-refractivity contribution in [3.63, 3.8) is 0 Å². The van der Waals surface area contributed by atoms with Crippen molar-refractivity contribution < 1.29 is 18.3 Å². The van der Waals surface area contributed by atoms with Crippen LogP contribution < -0.4 is 15.8 Å². The molecule has 0 saturated carbocycles. The van der Waals surface area contributed by atoms with E-state index >= 15 is 0 Å². The molecule has 0 amide bonds. The topological polar surface area (TPSA) is 122 Å². The Kier molecular flexibility index (Phi) is 5.93. The quantitative estimate of drug-likeness (QED) is 0.517. The van der Waals surface area contributed by atoms with Crippen molar-refractivity contribution in [1.82, 2.24) is 5.32 Å². The van der Waals surface area contributed by atoms with Crippen molar-refractivity contribution in [2.24, 2.45) is 5.14 Å². The van der Waals surface area contributed by atoms with Gasteiger partial charge in [0.2, 0.25) is 10.0 Å². The van der Waals surface area contributed by atoms with E-state index < -0.39 is 16.0 Å². The number of rotatable bonds is 8. The molecule has 0 heterocycles. The van der Waals surface area contributed by atoms with Gasteiger partial charge in [0.05, 0.1) is 10.5 Å². The lowest BCUT2D eigenvalue weighted by atomic mass is 10.1. The normalized spacial score (nSPS) is 11.3. The van der Waals surface area contributed by atoms with E-state index in [4.69, 9.17) is 10.2 Å². The van der Waals surface area contributed by atoms with Gasteiger partial charge in [-0.2, -0.15) is 0 Å². The smallest absolute Gasteiger partial charge is 0.337 e. The number of hydrogen-bond acceptors (Lipinski definition) is 5. The summed E-state index contributed by atoms with van der Waals surface area (Å²) in [5.41, 5.74) is 0.265. The highest BCUT2D eigenvalue weighted by Crippen LogP contribution is 2.20. The molecule has 7 nitrogen and oxygen atoms in total. The highest BCUT2D eigenvalue weighted by atomic mass is 32.2. The van der Waals surface area contributed by atoms with Crippen molar-refractivity contribution in [3.05, 3.63) is 23.8 Å². The number of carboxylic acids is 1. The third-order valence-corrected chi connectivity index (χ3v) is 3.56. The maximum atomic E-state index is 11.2. The molecule has 0 aliphatic carbocycles. The van der Waals surface area contributed by atoms with Gasteiger partial charge in [-0.15, -0.1) is 0 Å². The number of nitrogens with two attached hydrogens (primary N) is 1. The number of sulfonamides is 1. The lowest BCUT2D eigenvalue weighted by molar-refractivity contribution is 0.0697. The van der Waals surface area contributed by atoms with Gasteiger partial charge in [-0.3, -0.25) is 0 Å². The minimum absolute atomic E-state index is 0.111. The first-order chi connectivity index (χ1) is 9.36. The zero-order valence-corrected chi connectivity index (χ0v) is 12.0.